The van der Waals surface area contributed by atoms with E-state index in [1.807, 2.05) is 5.38 Å². The van der Waals surface area contributed by atoms with E-state index in [1.54, 1.807) is 23.5 Å². The zero-order valence-corrected chi connectivity index (χ0v) is 14.9. The summed E-state index contributed by atoms with van der Waals surface area (Å²) in [6, 6.07) is 4.12. The third kappa shape index (κ3) is 4.33. The number of halogens is 3. The van der Waals surface area contributed by atoms with Crippen molar-refractivity contribution in [2.24, 2.45) is 0 Å². The van der Waals surface area contributed by atoms with Gasteiger partial charge in [-0.25, -0.2) is 4.98 Å². The summed E-state index contributed by atoms with van der Waals surface area (Å²) < 4.78 is 6.45. The van der Waals surface area contributed by atoms with Gasteiger partial charge in [0.05, 0.1) is 15.7 Å². The van der Waals surface area contributed by atoms with E-state index in [9.17, 15) is 0 Å². The van der Waals surface area contributed by atoms with E-state index in [4.69, 9.17) is 27.9 Å². The minimum Gasteiger partial charge on any atom is -0.486 e. The minimum atomic E-state index is 0.387. The summed E-state index contributed by atoms with van der Waals surface area (Å²) in [5.74, 6) is 0.565. The summed E-state index contributed by atoms with van der Waals surface area (Å²) in [5, 5.41) is 7.64. The molecule has 0 aliphatic heterocycles. The van der Waals surface area contributed by atoms with Crippen molar-refractivity contribution in [2.75, 3.05) is 0 Å². The molecule has 3 nitrogen and oxygen atoms in total. The number of thiazole rings is 1. The fraction of sp³-hybridized carbons (Fsp3) is 0.357. The Morgan fingerprint density at radius 1 is 1.33 bits per heavy atom. The van der Waals surface area contributed by atoms with E-state index in [-0.39, 0.29) is 0 Å². The molecule has 0 amide bonds. The van der Waals surface area contributed by atoms with Gasteiger partial charge in [0, 0.05) is 28.5 Å². The lowest BCUT2D eigenvalue weighted by molar-refractivity contribution is 0.302. The Morgan fingerprint density at radius 2 is 2.14 bits per heavy atom. The molecular weight excluding hydrogens is 395 g/mol. The molecule has 0 bridgehead atoms. The average molecular weight is 408 g/mol. The molecule has 21 heavy (non-hydrogen) atoms. The van der Waals surface area contributed by atoms with Crippen LogP contribution in [0, 0.1) is 0 Å². The topological polar surface area (TPSA) is 34.1 Å². The van der Waals surface area contributed by atoms with Gasteiger partial charge in [0.2, 0.25) is 0 Å². The second-order valence-corrected chi connectivity index (χ2v) is 7.48. The summed E-state index contributed by atoms with van der Waals surface area (Å²) in [7, 11) is 0. The molecule has 1 heterocycles. The van der Waals surface area contributed by atoms with E-state index in [2.05, 4.69) is 26.2 Å². The Bertz CT molecular complexity index is 646. The SMILES string of the molecule is Clc1cc(OCc2csc(CNC3CC3)n2)c(Cl)cc1Br. The largest absolute Gasteiger partial charge is 0.486 e. The molecule has 0 spiro atoms. The van der Waals surface area contributed by atoms with Gasteiger partial charge in [-0.2, -0.15) is 0 Å². The van der Waals surface area contributed by atoms with Crippen LogP contribution in [0.1, 0.15) is 23.5 Å². The van der Waals surface area contributed by atoms with Gasteiger partial charge < -0.3 is 10.1 Å². The highest BCUT2D eigenvalue weighted by atomic mass is 79.9. The molecular formula is C14H13BrCl2N2OS. The molecule has 2 aromatic rings. The van der Waals surface area contributed by atoms with Gasteiger partial charge in [-0.15, -0.1) is 11.3 Å². The highest BCUT2D eigenvalue weighted by Gasteiger charge is 2.20. The molecule has 1 fully saturated rings. The van der Waals surface area contributed by atoms with Crippen molar-refractivity contribution in [1.82, 2.24) is 10.3 Å². The molecule has 1 saturated carbocycles. The number of benzene rings is 1. The van der Waals surface area contributed by atoms with E-state index < -0.39 is 0 Å². The van der Waals surface area contributed by atoms with Crippen LogP contribution in [0.4, 0.5) is 0 Å². The first-order valence-electron chi connectivity index (χ1n) is 6.56. The number of rotatable bonds is 6. The lowest BCUT2D eigenvalue weighted by Gasteiger charge is -2.08. The smallest absolute Gasteiger partial charge is 0.140 e. The average Bonchev–Trinajstić information content (AvgIpc) is 3.18. The van der Waals surface area contributed by atoms with Crippen molar-refractivity contribution in [3.63, 3.8) is 0 Å². The van der Waals surface area contributed by atoms with Crippen LogP contribution in [0.2, 0.25) is 10.0 Å². The van der Waals surface area contributed by atoms with Gasteiger partial charge in [-0.05, 0) is 34.8 Å². The Hall–Kier alpha value is -0.330. The molecule has 3 rings (SSSR count). The fourth-order valence-corrected chi connectivity index (χ4v) is 3.36. The fourth-order valence-electron chi connectivity index (χ4n) is 1.78. The van der Waals surface area contributed by atoms with Crippen LogP contribution in [-0.4, -0.2) is 11.0 Å². The predicted molar refractivity (Wildman–Crippen MR) is 90.5 cm³/mol. The highest BCUT2D eigenvalue weighted by Crippen LogP contribution is 2.34. The first-order chi connectivity index (χ1) is 10.1. The first-order valence-corrected chi connectivity index (χ1v) is 8.98. The number of nitrogens with zero attached hydrogens (tertiary/aromatic N) is 1. The molecule has 0 atom stereocenters. The van der Waals surface area contributed by atoms with E-state index in [1.165, 1.54) is 12.8 Å². The van der Waals surface area contributed by atoms with Crippen LogP contribution in [0.5, 0.6) is 5.75 Å². The molecule has 1 aliphatic carbocycles. The quantitative estimate of drug-likeness (QED) is 0.680. The molecule has 0 radical (unpaired) electrons. The van der Waals surface area contributed by atoms with Gasteiger partial charge in [0.1, 0.15) is 17.4 Å². The summed E-state index contributed by atoms with van der Waals surface area (Å²) in [4.78, 5) is 4.54. The van der Waals surface area contributed by atoms with E-state index >= 15 is 0 Å². The zero-order chi connectivity index (χ0) is 14.8. The molecule has 0 unspecified atom stereocenters. The number of ether oxygens (including phenoxy) is 1. The lowest BCUT2D eigenvalue weighted by atomic mass is 10.3. The summed E-state index contributed by atoms with van der Waals surface area (Å²) in [5.41, 5.74) is 0.905. The van der Waals surface area contributed by atoms with E-state index in [0.29, 0.717) is 28.4 Å². The van der Waals surface area contributed by atoms with Crippen LogP contribution in [-0.2, 0) is 13.2 Å². The van der Waals surface area contributed by atoms with Crippen molar-refractivity contribution in [1.29, 1.82) is 0 Å². The van der Waals surface area contributed by atoms with Crippen molar-refractivity contribution in [3.8, 4) is 5.75 Å². The highest BCUT2D eigenvalue weighted by molar-refractivity contribution is 9.10. The Morgan fingerprint density at radius 3 is 2.90 bits per heavy atom. The Labute approximate surface area is 145 Å². The number of aromatic nitrogens is 1. The molecule has 1 aromatic heterocycles. The molecule has 112 valence electrons. The van der Waals surface area contributed by atoms with Gasteiger partial charge in [-0.3, -0.25) is 0 Å². The minimum absolute atomic E-state index is 0.387. The Kier molecular flexibility index (Phi) is 5.07. The van der Waals surface area contributed by atoms with Crippen LogP contribution < -0.4 is 10.1 Å². The van der Waals surface area contributed by atoms with Gasteiger partial charge >= 0.3 is 0 Å². The molecule has 7 heteroatoms. The zero-order valence-electron chi connectivity index (χ0n) is 11.0. The second kappa shape index (κ2) is 6.84. The van der Waals surface area contributed by atoms with Crippen molar-refractivity contribution in [2.45, 2.75) is 32.0 Å². The molecule has 1 aromatic carbocycles. The third-order valence-electron chi connectivity index (χ3n) is 3.07. The second-order valence-electron chi connectivity index (χ2n) is 4.87. The molecule has 1 N–H and O–H groups in total. The van der Waals surface area contributed by atoms with Crippen LogP contribution in [0.3, 0.4) is 0 Å². The van der Waals surface area contributed by atoms with Crippen LogP contribution in [0.15, 0.2) is 22.0 Å². The molecule has 1 aliphatic rings. The number of hydrogen-bond acceptors (Lipinski definition) is 4. The Balaban J connectivity index is 1.58. The maximum Gasteiger partial charge on any atom is 0.140 e. The monoisotopic (exact) mass is 406 g/mol. The van der Waals surface area contributed by atoms with Crippen LogP contribution in [0.25, 0.3) is 0 Å². The van der Waals surface area contributed by atoms with Crippen molar-refractivity contribution >= 4 is 50.5 Å². The number of nitrogens with one attached hydrogen (secondary N) is 1. The number of hydrogen-bond donors (Lipinski definition) is 1. The normalized spacial score (nSPS) is 14.4. The first kappa shape index (κ1) is 15.6. The van der Waals surface area contributed by atoms with Gasteiger partial charge in [-0.1, -0.05) is 23.2 Å². The summed E-state index contributed by atoms with van der Waals surface area (Å²) >= 11 is 17.1. The summed E-state index contributed by atoms with van der Waals surface area (Å²) in [6.07, 6.45) is 2.56. The lowest BCUT2D eigenvalue weighted by Crippen LogP contribution is -2.15. The van der Waals surface area contributed by atoms with Crippen molar-refractivity contribution in [3.05, 3.63) is 42.7 Å². The van der Waals surface area contributed by atoms with Crippen molar-refractivity contribution < 1.29 is 4.74 Å². The molecule has 0 saturated heterocycles. The van der Waals surface area contributed by atoms with Gasteiger partial charge in [0.15, 0.2) is 0 Å². The standard InChI is InChI=1S/C14H13BrCl2N2OS/c15-10-3-12(17)13(4-11(10)16)20-6-9-7-21-14(19-9)5-18-8-1-2-8/h3-4,7-8,18H,1-2,5-6H2. The maximum absolute atomic E-state index is 6.12. The van der Waals surface area contributed by atoms with Gasteiger partial charge in [0.25, 0.3) is 0 Å². The van der Waals surface area contributed by atoms with Crippen LogP contribution >= 0.6 is 50.5 Å². The summed E-state index contributed by atoms with van der Waals surface area (Å²) in [6.45, 7) is 1.22. The van der Waals surface area contributed by atoms with E-state index in [0.717, 1.165) is 21.7 Å². The predicted octanol–water partition coefficient (Wildman–Crippen LogP) is 5.04. The third-order valence-corrected chi connectivity index (χ3v) is 5.46. The maximum atomic E-state index is 6.12.